The Balaban J connectivity index is 2.47. The molecule has 84 valence electrons. The Morgan fingerprint density at radius 1 is 1.29 bits per heavy atom. The van der Waals surface area contributed by atoms with Crippen LogP contribution >= 0.6 is 0 Å². The van der Waals surface area contributed by atoms with Crippen molar-refractivity contribution in [2.75, 3.05) is 0 Å². The molecule has 14 heavy (non-hydrogen) atoms. The molecule has 0 spiro atoms. The fourth-order valence-corrected chi connectivity index (χ4v) is 3.25. The monoisotopic (exact) mass is 391 g/mol. The summed E-state index contributed by atoms with van der Waals surface area (Å²) in [6.07, 6.45) is 5.62. The van der Waals surface area contributed by atoms with Gasteiger partial charge in [-0.25, -0.2) is 0 Å². The molecule has 1 aromatic rings. The van der Waals surface area contributed by atoms with E-state index in [4.69, 9.17) is 0 Å². The van der Waals surface area contributed by atoms with Gasteiger partial charge < -0.3 is 0 Å². The van der Waals surface area contributed by atoms with Crippen LogP contribution in [0.4, 0.5) is 0 Å². The Bertz CT molecular complexity index is 346. The number of nitrogens with zero attached hydrogens (tertiary/aromatic N) is 2. The quantitative estimate of drug-likeness (QED) is 0.699. The molecule has 0 fully saturated rings. The molecular formula is C10H20N2PtSi. The van der Waals surface area contributed by atoms with E-state index < -0.39 is 8.07 Å². The van der Waals surface area contributed by atoms with Gasteiger partial charge in [0, 0.05) is 0 Å². The first-order chi connectivity index (χ1) is 6.40. The van der Waals surface area contributed by atoms with Crippen molar-refractivity contribution in [3.63, 3.8) is 0 Å². The first-order valence-electron chi connectivity index (χ1n) is 5.07. The standard InChI is InChI=1S/C10H20N2Si.Pt/c1-11-7-8-12(10-11)6-5-9-13(2,3)4;/h7-8H,5-6,9H2,1-4H3;. The van der Waals surface area contributed by atoms with E-state index in [1.54, 1.807) is 0 Å². The third-order valence-corrected chi connectivity index (χ3v) is 5.59. The first-order valence-corrected chi connectivity index (χ1v) is 9.92. The number of rotatable bonds is 4. The summed E-state index contributed by atoms with van der Waals surface area (Å²) in [6.45, 7) is 8.49. The predicted molar refractivity (Wildman–Crippen MR) is 59.4 cm³/mol. The Labute approximate surface area is 98.4 Å². The molecule has 0 amide bonds. The summed E-state index contributed by atoms with van der Waals surface area (Å²) in [4.78, 5) is 0. The molecule has 4 heteroatoms. The molecule has 0 atom stereocenters. The molecule has 1 rings (SSSR count). The third-order valence-electron chi connectivity index (χ3n) is 2.28. The second-order valence-electron chi connectivity index (χ2n) is 5.01. The zero-order chi connectivity index (χ0) is 10.8. The molecule has 0 saturated carbocycles. The van der Waals surface area contributed by atoms with Crippen LogP contribution in [-0.2, 0) is 32.9 Å². The van der Waals surface area contributed by atoms with E-state index in [9.17, 15) is 0 Å². The van der Waals surface area contributed by atoms with Crippen molar-refractivity contribution in [3.05, 3.63) is 16.2 Å². The van der Waals surface area contributed by atoms with Gasteiger partial charge in [0.05, 0.1) is 0 Å². The molecule has 2 nitrogen and oxygen atoms in total. The minimum absolute atomic E-state index is 0.844. The Hall–Kier alpha value is 0.115. The summed E-state index contributed by atoms with van der Waals surface area (Å²) in [7, 11) is 1.25. The molecule has 0 aliphatic heterocycles. The van der Waals surface area contributed by atoms with Gasteiger partial charge in [0.25, 0.3) is 0 Å². The topological polar surface area (TPSA) is 9.86 Å². The van der Waals surface area contributed by atoms with E-state index in [1.165, 1.54) is 22.8 Å². The molecule has 0 unspecified atom stereocenters. The first kappa shape index (κ1) is 12.2. The number of hydrogen-bond acceptors (Lipinski definition) is 0. The molecule has 0 bridgehead atoms. The van der Waals surface area contributed by atoms with Crippen LogP contribution in [-0.4, -0.2) is 17.2 Å². The number of aryl methyl sites for hydroxylation is 2. The molecule has 0 N–H and O–H groups in total. The van der Waals surface area contributed by atoms with Crippen molar-refractivity contribution in [2.45, 2.75) is 38.7 Å². The summed E-state index contributed by atoms with van der Waals surface area (Å²) in [5.41, 5.74) is 0. The minimum atomic E-state index is -0.844. The van der Waals surface area contributed by atoms with Crippen LogP contribution in [0.25, 0.3) is 0 Å². The average Bonchev–Trinajstić information content (AvgIpc) is 2.33. The van der Waals surface area contributed by atoms with Gasteiger partial charge in [0.2, 0.25) is 0 Å². The van der Waals surface area contributed by atoms with E-state index in [-0.39, 0.29) is 0 Å². The molecule has 0 aliphatic rings. The summed E-state index contributed by atoms with van der Waals surface area (Å²) in [6, 6.07) is 1.42. The van der Waals surface area contributed by atoms with Crippen LogP contribution in [0.5, 0.6) is 0 Å². The molecule has 0 radical (unpaired) electrons. The van der Waals surface area contributed by atoms with Gasteiger partial charge in [-0.3, -0.25) is 0 Å². The maximum absolute atomic E-state index is 2.44. The van der Waals surface area contributed by atoms with Crippen molar-refractivity contribution in [3.8, 4) is 0 Å². The van der Waals surface area contributed by atoms with E-state index >= 15 is 0 Å². The van der Waals surface area contributed by atoms with Gasteiger partial charge in [-0.15, -0.1) is 0 Å². The third kappa shape index (κ3) is 3.70. The molecule has 1 aromatic heterocycles. The molecule has 1 heterocycles. The SMILES string of the molecule is Cn1ccn(CCC[Si](C)(C)C)[c]1=[Pt]. The summed E-state index contributed by atoms with van der Waals surface area (Å²) < 4.78 is 5.82. The van der Waals surface area contributed by atoms with Gasteiger partial charge in [0.1, 0.15) is 0 Å². The Morgan fingerprint density at radius 3 is 2.36 bits per heavy atom. The van der Waals surface area contributed by atoms with Crippen LogP contribution in [0.1, 0.15) is 6.42 Å². The van der Waals surface area contributed by atoms with E-state index in [0.29, 0.717) is 0 Å². The van der Waals surface area contributed by atoms with Crippen LogP contribution in [0.2, 0.25) is 25.7 Å². The Kier molecular flexibility index (Phi) is 4.14. The fraction of sp³-hybridized carbons (Fsp3) is 0.700. The second-order valence-corrected chi connectivity index (χ2v) is 11.6. The van der Waals surface area contributed by atoms with Crippen molar-refractivity contribution < 1.29 is 19.4 Å². The predicted octanol–water partition coefficient (Wildman–Crippen LogP) is 2.63. The van der Waals surface area contributed by atoms with Crippen LogP contribution in [0.15, 0.2) is 12.4 Å². The van der Waals surface area contributed by atoms with E-state index in [2.05, 4.69) is 67.6 Å². The van der Waals surface area contributed by atoms with Gasteiger partial charge in [-0.05, 0) is 0 Å². The zero-order valence-corrected chi connectivity index (χ0v) is 12.8. The van der Waals surface area contributed by atoms with Crippen LogP contribution in [0, 0.1) is 3.80 Å². The van der Waals surface area contributed by atoms with Gasteiger partial charge in [0.15, 0.2) is 0 Å². The van der Waals surface area contributed by atoms with Crippen molar-refractivity contribution >= 4 is 8.07 Å². The molecule has 0 aromatic carbocycles. The number of aromatic nitrogens is 2. The Morgan fingerprint density at radius 2 is 1.93 bits per heavy atom. The molecule has 0 aliphatic carbocycles. The summed E-state index contributed by atoms with van der Waals surface area (Å²) >= 11 is 2.38. The maximum atomic E-state index is 2.44. The second kappa shape index (κ2) is 4.76. The van der Waals surface area contributed by atoms with Crippen molar-refractivity contribution in [1.82, 2.24) is 9.13 Å². The van der Waals surface area contributed by atoms with Crippen molar-refractivity contribution in [2.24, 2.45) is 7.05 Å². The fourth-order valence-electron chi connectivity index (χ4n) is 1.44. The van der Waals surface area contributed by atoms with E-state index in [1.807, 2.05) is 0 Å². The molecular weight excluding hydrogens is 371 g/mol. The summed E-state index contributed by atoms with van der Waals surface area (Å²) in [5, 5.41) is 0. The van der Waals surface area contributed by atoms with E-state index in [0.717, 1.165) is 0 Å². The number of imidazole rings is 1. The average molecular weight is 391 g/mol. The zero-order valence-electron chi connectivity index (χ0n) is 9.49. The molecule has 0 saturated heterocycles. The summed E-state index contributed by atoms with van der Waals surface area (Å²) in [5.74, 6) is 0. The van der Waals surface area contributed by atoms with Crippen LogP contribution < -0.4 is 0 Å². The number of hydrogen-bond donors (Lipinski definition) is 0. The van der Waals surface area contributed by atoms with Gasteiger partial charge in [-0.2, -0.15) is 0 Å². The van der Waals surface area contributed by atoms with Gasteiger partial charge >= 0.3 is 98.5 Å². The van der Waals surface area contributed by atoms with Crippen molar-refractivity contribution in [1.29, 1.82) is 0 Å². The normalized spacial score (nSPS) is 12.1. The van der Waals surface area contributed by atoms with Crippen LogP contribution in [0.3, 0.4) is 0 Å². The van der Waals surface area contributed by atoms with Gasteiger partial charge in [-0.1, -0.05) is 0 Å².